The van der Waals surface area contributed by atoms with Gasteiger partial charge in [-0.2, -0.15) is 0 Å². The van der Waals surface area contributed by atoms with Crippen LogP contribution < -0.4 is 14.2 Å². The van der Waals surface area contributed by atoms with Crippen molar-refractivity contribution >= 4 is 21.4 Å². The molecule has 0 amide bonds. The zero-order valence-electron chi connectivity index (χ0n) is 17.0. The van der Waals surface area contributed by atoms with Gasteiger partial charge in [-0.1, -0.05) is 30.3 Å². The Balaban J connectivity index is 1.36. The zero-order valence-corrected chi connectivity index (χ0v) is 18.6. The molecule has 2 aliphatic heterocycles. The number of nitrogens with zero attached hydrogens (tertiary/aromatic N) is 1. The van der Waals surface area contributed by atoms with Crippen LogP contribution in [0.4, 0.5) is 0 Å². The summed E-state index contributed by atoms with van der Waals surface area (Å²) in [5.41, 5.74) is 2.69. The fourth-order valence-electron chi connectivity index (χ4n) is 4.14. The average Bonchev–Trinajstić information content (AvgIpc) is 3.33. The molecule has 0 bridgehead atoms. The Morgan fingerprint density at radius 1 is 1.00 bits per heavy atom. The summed E-state index contributed by atoms with van der Waals surface area (Å²) >= 11 is 1.66. The molecule has 3 heterocycles. The molecule has 5 rings (SSSR count). The second-order valence-electron chi connectivity index (χ2n) is 7.68. The summed E-state index contributed by atoms with van der Waals surface area (Å²) in [5.74, 6) is 1.05. The highest BCUT2D eigenvalue weighted by atomic mass is 32.2. The summed E-state index contributed by atoms with van der Waals surface area (Å²) in [6.45, 7) is 2.90. The molecular formula is C23H24N2O4S2. The van der Waals surface area contributed by atoms with Crippen LogP contribution in [0.5, 0.6) is 11.5 Å². The van der Waals surface area contributed by atoms with Crippen LogP contribution in [0.3, 0.4) is 0 Å². The summed E-state index contributed by atoms with van der Waals surface area (Å²) in [7, 11) is -3.69. The molecule has 0 saturated carbocycles. The molecule has 0 aliphatic carbocycles. The number of thiophene rings is 1. The van der Waals surface area contributed by atoms with Gasteiger partial charge in [-0.05, 0) is 41.1 Å². The van der Waals surface area contributed by atoms with Crippen LogP contribution in [0.25, 0.3) is 0 Å². The fraction of sp³-hybridized carbons (Fsp3) is 0.304. The summed E-state index contributed by atoms with van der Waals surface area (Å²) in [5, 5.41) is 2.04. The average molecular weight is 457 g/mol. The van der Waals surface area contributed by atoms with Gasteiger partial charge in [0.2, 0.25) is 10.0 Å². The molecule has 6 nitrogen and oxygen atoms in total. The molecule has 1 aromatic heterocycles. The highest BCUT2D eigenvalue weighted by Gasteiger charge is 2.28. The van der Waals surface area contributed by atoms with E-state index in [4.69, 9.17) is 9.47 Å². The predicted molar refractivity (Wildman–Crippen MR) is 120 cm³/mol. The third kappa shape index (κ3) is 4.34. The van der Waals surface area contributed by atoms with Crippen LogP contribution in [-0.2, 0) is 23.0 Å². The van der Waals surface area contributed by atoms with Crippen molar-refractivity contribution in [2.45, 2.75) is 23.9 Å². The molecule has 162 valence electrons. The molecule has 1 atom stereocenters. The molecule has 3 aromatic rings. The van der Waals surface area contributed by atoms with Gasteiger partial charge in [-0.15, -0.1) is 11.3 Å². The van der Waals surface area contributed by atoms with Crippen LogP contribution in [0.2, 0.25) is 0 Å². The van der Waals surface area contributed by atoms with Crippen molar-refractivity contribution in [3.05, 3.63) is 76.0 Å². The number of hydrogen-bond donors (Lipinski definition) is 1. The van der Waals surface area contributed by atoms with E-state index in [1.54, 1.807) is 23.5 Å². The molecule has 0 saturated heterocycles. The van der Waals surface area contributed by atoms with E-state index in [1.807, 2.05) is 11.4 Å². The minimum absolute atomic E-state index is 0.0275. The van der Waals surface area contributed by atoms with Crippen molar-refractivity contribution in [3.63, 3.8) is 0 Å². The van der Waals surface area contributed by atoms with Crippen molar-refractivity contribution in [1.82, 2.24) is 9.62 Å². The Morgan fingerprint density at radius 2 is 1.81 bits per heavy atom. The SMILES string of the molecule is O=S(=O)(NC[C@H](c1cccs1)N1CCc2ccccc2C1)c1ccc2c(c1)OCCO2. The number of sulfonamides is 1. The van der Waals surface area contributed by atoms with E-state index in [9.17, 15) is 8.42 Å². The quantitative estimate of drug-likeness (QED) is 0.614. The maximum absolute atomic E-state index is 13.1. The van der Waals surface area contributed by atoms with E-state index in [2.05, 4.69) is 40.0 Å². The van der Waals surface area contributed by atoms with Gasteiger partial charge < -0.3 is 9.47 Å². The number of nitrogens with one attached hydrogen (secondary N) is 1. The lowest BCUT2D eigenvalue weighted by atomic mass is 9.98. The fourth-order valence-corrected chi connectivity index (χ4v) is 6.05. The lowest BCUT2D eigenvalue weighted by molar-refractivity contribution is 0.171. The minimum atomic E-state index is -3.69. The van der Waals surface area contributed by atoms with Crippen molar-refractivity contribution in [3.8, 4) is 11.5 Å². The molecule has 1 N–H and O–H groups in total. The first kappa shape index (κ1) is 20.5. The van der Waals surface area contributed by atoms with Gasteiger partial charge >= 0.3 is 0 Å². The van der Waals surface area contributed by atoms with E-state index in [0.717, 1.165) is 24.4 Å². The Morgan fingerprint density at radius 3 is 2.61 bits per heavy atom. The standard InChI is InChI=1S/C23H24N2O4S2/c26-31(27,19-7-8-21-22(14-19)29-12-11-28-21)24-15-20(23-6-3-13-30-23)25-10-9-17-4-1-2-5-18(17)16-25/h1-8,13-14,20,24H,9-12,15-16H2/t20-/m1/s1. The summed E-state index contributed by atoms with van der Waals surface area (Å²) in [6.07, 6.45) is 0.965. The number of hydrogen-bond acceptors (Lipinski definition) is 6. The number of ether oxygens (including phenoxy) is 2. The van der Waals surface area contributed by atoms with Crippen LogP contribution >= 0.6 is 11.3 Å². The minimum Gasteiger partial charge on any atom is -0.486 e. The number of benzene rings is 2. The van der Waals surface area contributed by atoms with Crippen molar-refractivity contribution in [2.24, 2.45) is 0 Å². The van der Waals surface area contributed by atoms with Gasteiger partial charge in [0, 0.05) is 30.6 Å². The molecule has 0 fully saturated rings. The first-order valence-corrected chi connectivity index (χ1v) is 12.7. The zero-order chi connectivity index (χ0) is 21.3. The summed E-state index contributed by atoms with van der Waals surface area (Å²) in [6, 6.07) is 17.3. The normalized spacial score (nSPS) is 17.2. The Hall–Kier alpha value is -2.39. The highest BCUT2D eigenvalue weighted by Crippen LogP contribution is 2.33. The van der Waals surface area contributed by atoms with Crippen molar-refractivity contribution in [2.75, 3.05) is 26.3 Å². The van der Waals surface area contributed by atoms with E-state index >= 15 is 0 Å². The van der Waals surface area contributed by atoms with E-state index in [0.29, 0.717) is 31.3 Å². The Kier molecular flexibility index (Phi) is 5.71. The molecule has 0 unspecified atom stereocenters. The Bertz CT molecular complexity index is 1160. The second-order valence-corrected chi connectivity index (χ2v) is 10.4. The lowest BCUT2D eigenvalue weighted by Crippen LogP contribution is -2.40. The van der Waals surface area contributed by atoms with E-state index in [-0.39, 0.29) is 10.9 Å². The van der Waals surface area contributed by atoms with Crippen molar-refractivity contribution < 1.29 is 17.9 Å². The maximum atomic E-state index is 13.1. The smallest absolute Gasteiger partial charge is 0.240 e. The molecule has 0 spiro atoms. The van der Waals surface area contributed by atoms with Gasteiger partial charge in [0.05, 0.1) is 10.9 Å². The van der Waals surface area contributed by atoms with E-state index in [1.165, 1.54) is 17.2 Å². The van der Waals surface area contributed by atoms with E-state index < -0.39 is 10.0 Å². The molecule has 2 aromatic carbocycles. The van der Waals surface area contributed by atoms with Crippen LogP contribution in [-0.4, -0.2) is 39.6 Å². The predicted octanol–water partition coefficient (Wildman–Crippen LogP) is 3.60. The first-order valence-electron chi connectivity index (χ1n) is 10.3. The molecule has 2 aliphatic rings. The van der Waals surface area contributed by atoms with Gasteiger partial charge in [0.25, 0.3) is 0 Å². The summed E-state index contributed by atoms with van der Waals surface area (Å²) in [4.78, 5) is 3.70. The monoisotopic (exact) mass is 456 g/mol. The molecule has 0 radical (unpaired) electrons. The Labute approximate surface area is 186 Å². The molecular weight excluding hydrogens is 432 g/mol. The largest absolute Gasteiger partial charge is 0.486 e. The third-order valence-electron chi connectivity index (χ3n) is 5.76. The topological polar surface area (TPSA) is 67.9 Å². The first-order chi connectivity index (χ1) is 15.1. The maximum Gasteiger partial charge on any atom is 0.240 e. The van der Waals surface area contributed by atoms with Gasteiger partial charge in [0.1, 0.15) is 13.2 Å². The van der Waals surface area contributed by atoms with Gasteiger partial charge in [-0.25, -0.2) is 13.1 Å². The third-order valence-corrected chi connectivity index (χ3v) is 8.16. The number of rotatable bonds is 6. The van der Waals surface area contributed by atoms with Gasteiger partial charge in [-0.3, -0.25) is 4.90 Å². The van der Waals surface area contributed by atoms with Crippen molar-refractivity contribution in [1.29, 1.82) is 0 Å². The lowest BCUT2D eigenvalue weighted by Gasteiger charge is -2.35. The highest BCUT2D eigenvalue weighted by molar-refractivity contribution is 7.89. The number of fused-ring (bicyclic) bond motifs is 2. The molecule has 31 heavy (non-hydrogen) atoms. The van der Waals surface area contributed by atoms with Crippen LogP contribution in [0.1, 0.15) is 22.0 Å². The van der Waals surface area contributed by atoms with Gasteiger partial charge in [0.15, 0.2) is 11.5 Å². The molecule has 8 heteroatoms. The summed E-state index contributed by atoms with van der Waals surface area (Å²) < 4.78 is 40.0. The van der Waals surface area contributed by atoms with Crippen LogP contribution in [0.15, 0.2) is 64.9 Å². The van der Waals surface area contributed by atoms with Crippen LogP contribution in [0, 0.1) is 0 Å². The second kappa shape index (κ2) is 8.63.